The molecule has 1 aromatic rings. The Morgan fingerprint density at radius 1 is 1.35 bits per heavy atom. The monoisotopic (exact) mass is 293 g/mol. The second kappa shape index (κ2) is 7.58. The number of thioether (sulfide) groups is 1. The molecule has 0 aromatic heterocycles. The summed E-state index contributed by atoms with van der Waals surface area (Å²) in [7, 11) is 0. The van der Waals surface area contributed by atoms with Gasteiger partial charge in [0.25, 0.3) is 0 Å². The molecule has 1 amide bonds. The van der Waals surface area contributed by atoms with Crippen LogP contribution in [0.3, 0.4) is 0 Å². The minimum atomic E-state index is 0.144. The summed E-state index contributed by atoms with van der Waals surface area (Å²) in [6.07, 6.45) is 4.70. The Balaban J connectivity index is 1.69. The van der Waals surface area contributed by atoms with Crippen LogP contribution in [0.15, 0.2) is 24.3 Å². The zero-order valence-electron chi connectivity index (χ0n) is 12.0. The Bertz CT molecular complexity index is 433. The molecule has 4 heteroatoms. The van der Waals surface area contributed by atoms with E-state index in [0.717, 1.165) is 35.8 Å². The van der Waals surface area contributed by atoms with Crippen LogP contribution in [0.2, 0.25) is 0 Å². The van der Waals surface area contributed by atoms with E-state index in [1.165, 1.54) is 6.42 Å². The number of aryl methyl sites for hydroxylation is 1. The van der Waals surface area contributed by atoms with E-state index < -0.39 is 0 Å². The number of phenols is 1. The van der Waals surface area contributed by atoms with Gasteiger partial charge in [-0.1, -0.05) is 19.1 Å². The summed E-state index contributed by atoms with van der Waals surface area (Å²) in [5.41, 5.74) is 1.09. The van der Waals surface area contributed by atoms with E-state index in [-0.39, 0.29) is 11.7 Å². The predicted octanol–water partition coefficient (Wildman–Crippen LogP) is 3.12. The van der Waals surface area contributed by atoms with Gasteiger partial charge in [-0.25, -0.2) is 0 Å². The number of amides is 1. The third-order valence-electron chi connectivity index (χ3n) is 3.73. The number of hydrogen-bond acceptors (Lipinski definition) is 3. The van der Waals surface area contributed by atoms with Gasteiger partial charge in [0.1, 0.15) is 5.75 Å². The first-order chi connectivity index (χ1) is 9.67. The summed E-state index contributed by atoms with van der Waals surface area (Å²) >= 11 is 2.01. The van der Waals surface area contributed by atoms with Crippen molar-refractivity contribution in [1.29, 1.82) is 0 Å². The van der Waals surface area contributed by atoms with Crippen LogP contribution in [0.5, 0.6) is 5.75 Å². The molecule has 3 nitrogen and oxygen atoms in total. The van der Waals surface area contributed by atoms with Crippen molar-refractivity contribution in [1.82, 2.24) is 5.32 Å². The Hall–Kier alpha value is -1.16. The van der Waals surface area contributed by atoms with Crippen LogP contribution >= 0.6 is 11.8 Å². The highest BCUT2D eigenvalue weighted by molar-refractivity contribution is 7.99. The van der Waals surface area contributed by atoms with Crippen LogP contribution in [-0.2, 0) is 11.2 Å². The van der Waals surface area contributed by atoms with Gasteiger partial charge in [-0.3, -0.25) is 4.79 Å². The summed E-state index contributed by atoms with van der Waals surface area (Å²) in [5, 5.41) is 13.1. The first-order valence-electron chi connectivity index (χ1n) is 7.36. The highest BCUT2D eigenvalue weighted by Crippen LogP contribution is 2.29. The van der Waals surface area contributed by atoms with E-state index in [1.807, 2.05) is 23.9 Å². The lowest BCUT2D eigenvalue weighted by molar-refractivity contribution is -0.121. The fourth-order valence-electron chi connectivity index (χ4n) is 2.68. The van der Waals surface area contributed by atoms with Crippen molar-refractivity contribution in [2.24, 2.45) is 0 Å². The number of nitrogens with one attached hydrogen (secondary N) is 1. The smallest absolute Gasteiger partial charge is 0.220 e. The normalized spacial score (nSPS) is 21.9. The van der Waals surface area contributed by atoms with Gasteiger partial charge in [0.05, 0.1) is 0 Å². The van der Waals surface area contributed by atoms with Crippen LogP contribution in [0.1, 0.15) is 38.2 Å². The third kappa shape index (κ3) is 4.75. The molecule has 2 N–H and O–H groups in total. The minimum Gasteiger partial charge on any atom is -0.508 e. The fourth-order valence-corrected chi connectivity index (χ4v) is 3.82. The molecular formula is C16H23NO2S. The van der Waals surface area contributed by atoms with Crippen molar-refractivity contribution < 1.29 is 9.90 Å². The van der Waals surface area contributed by atoms with Gasteiger partial charge in [-0.15, -0.1) is 0 Å². The molecule has 0 radical (unpaired) electrons. The summed E-state index contributed by atoms with van der Waals surface area (Å²) in [6.45, 7) is 2.19. The molecule has 0 unspecified atom stereocenters. The molecule has 110 valence electrons. The van der Waals surface area contributed by atoms with E-state index in [9.17, 15) is 9.90 Å². The summed E-state index contributed by atoms with van der Waals surface area (Å²) in [4.78, 5) is 11.9. The Morgan fingerprint density at radius 3 is 2.80 bits per heavy atom. The molecule has 0 spiro atoms. The quantitative estimate of drug-likeness (QED) is 0.847. The van der Waals surface area contributed by atoms with Crippen molar-refractivity contribution in [3.05, 3.63) is 29.8 Å². The first kappa shape index (κ1) is 15.2. The largest absolute Gasteiger partial charge is 0.508 e. The minimum absolute atomic E-state index is 0.144. The lowest BCUT2D eigenvalue weighted by Gasteiger charge is -2.13. The molecular weight excluding hydrogens is 270 g/mol. The predicted molar refractivity (Wildman–Crippen MR) is 84.1 cm³/mol. The molecule has 1 aliphatic carbocycles. The molecule has 2 atom stereocenters. The maximum Gasteiger partial charge on any atom is 0.220 e. The SMILES string of the molecule is CCS[C@@H]1CC[C@@H](NC(=O)CCc2ccc(O)cc2)C1. The third-order valence-corrected chi connectivity index (χ3v) is 4.96. The second-order valence-corrected chi connectivity index (χ2v) is 6.90. The molecule has 20 heavy (non-hydrogen) atoms. The molecule has 2 rings (SSSR count). The molecule has 1 fully saturated rings. The van der Waals surface area contributed by atoms with Crippen LogP contribution in [-0.4, -0.2) is 28.1 Å². The molecule has 1 aromatic carbocycles. The lowest BCUT2D eigenvalue weighted by atomic mass is 10.1. The average Bonchev–Trinajstić information content (AvgIpc) is 2.86. The van der Waals surface area contributed by atoms with Gasteiger partial charge >= 0.3 is 0 Å². The average molecular weight is 293 g/mol. The van der Waals surface area contributed by atoms with Crippen molar-refractivity contribution in [3.8, 4) is 5.75 Å². The topological polar surface area (TPSA) is 49.3 Å². The second-order valence-electron chi connectivity index (χ2n) is 5.32. The van der Waals surface area contributed by atoms with Gasteiger partial charge in [-0.05, 0) is 49.1 Å². The summed E-state index contributed by atoms with van der Waals surface area (Å²) < 4.78 is 0. The molecule has 0 saturated heterocycles. The number of hydrogen-bond donors (Lipinski definition) is 2. The van der Waals surface area contributed by atoms with Crippen molar-refractivity contribution >= 4 is 17.7 Å². The van der Waals surface area contributed by atoms with E-state index in [0.29, 0.717) is 12.5 Å². The number of carbonyl (C=O) groups excluding carboxylic acids is 1. The van der Waals surface area contributed by atoms with Gasteiger partial charge in [0.15, 0.2) is 0 Å². The molecule has 0 bridgehead atoms. The van der Waals surface area contributed by atoms with Gasteiger partial charge in [0, 0.05) is 17.7 Å². The number of aromatic hydroxyl groups is 1. The zero-order chi connectivity index (χ0) is 14.4. The Labute approximate surface area is 125 Å². The fraction of sp³-hybridized carbons (Fsp3) is 0.562. The van der Waals surface area contributed by atoms with Gasteiger partial charge in [-0.2, -0.15) is 11.8 Å². The standard InChI is InChI=1S/C16H23NO2S/c1-2-20-15-9-6-13(11-15)17-16(19)10-5-12-3-7-14(18)8-4-12/h3-4,7-8,13,15,18H,2,5-6,9-11H2,1H3,(H,17,19)/t13-,15-/m1/s1. The molecule has 1 saturated carbocycles. The van der Waals surface area contributed by atoms with Gasteiger partial charge in [0.2, 0.25) is 5.91 Å². The maximum absolute atomic E-state index is 11.9. The molecule has 0 heterocycles. The van der Waals surface area contributed by atoms with Crippen LogP contribution in [0, 0.1) is 0 Å². The Morgan fingerprint density at radius 2 is 2.10 bits per heavy atom. The van der Waals surface area contributed by atoms with E-state index in [1.54, 1.807) is 12.1 Å². The van der Waals surface area contributed by atoms with E-state index in [4.69, 9.17) is 0 Å². The van der Waals surface area contributed by atoms with Crippen LogP contribution in [0.4, 0.5) is 0 Å². The number of rotatable bonds is 6. The first-order valence-corrected chi connectivity index (χ1v) is 8.41. The summed E-state index contributed by atoms with van der Waals surface area (Å²) in [6, 6.07) is 7.43. The van der Waals surface area contributed by atoms with Crippen molar-refractivity contribution in [3.63, 3.8) is 0 Å². The molecule has 0 aliphatic heterocycles. The summed E-state index contributed by atoms with van der Waals surface area (Å²) in [5.74, 6) is 1.57. The van der Waals surface area contributed by atoms with Crippen molar-refractivity contribution in [2.75, 3.05) is 5.75 Å². The van der Waals surface area contributed by atoms with Crippen molar-refractivity contribution in [2.45, 2.75) is 50.3 Å². The van der Waals surface area contributed by atoms with Gasteiger partial charge < -0.3 is 10.4 Å². The van der Waals surface area contributed by atoms with E-state index in [2.05, 4.69) is 12.2 Å². The van der Waals surface area contributed by atoms with Crippen LogP contribution in [0.25, 0.3) is 0 Å². The zero-order valence-corrected chi connectivity index (χ0v) is 12.8. The Kier molecular flexibility index (Phi) is 5.77. The van der Waals surface area contributed by atoms with E-state index >= 15 is 0 Å². The maximum atomic E-state index is 11.9. The lowest BCUT2D eigenvalue weighted by Crippen LogP contribution is -2.33. The number of phenolic OH excluding ortho intramolecular Hbond substituents is 1. The van der Waals surface area contributed by atoms with Crippen LogP contribution < -0.4 is 5.32 Å². The molecule has 1 aliphatic rings. The highest BCUT2D eigenvalue weighted by atomic mass is 32.2. The number of benzene rings is 1. The highest BCUT2D eigenvalue weighted by Gasteiger charge is 2.25. The number of carbonyl (C=O) groups is 1.